The highest BCUT2D eigenvalue weighted by molar-refractivity contribution is 5.92. The van der Waals surface area contributed by atoms with Crippen molar-refractivity contribution in [3.63, 3.8) is 0 Å². The number of ketones is 1. The number of fused-ring (bicyclic) bond motifs is 1. The molecule has 0 N–H and O–H groups in total. The van der Waals surface area contributed by atoms with Crippen molar-refractivity contribution < 1.29 is 14.0 Å². The number of nitrogens with zero attached hydrogens (tertiary/aromatic N) is 4. The molecule has 1 saturated heterocycles. The van der Waals surface area contributed by atoms with Crippen LogP contribution in [0.3, 0.4) is 0 Å². The summed E-state index contributed by atoms with van der Waals surface area (Å²) >= 11 is 0. The molecule has 7 heteroatoms. The fraction of sp³-hybridized carbons (Fsp3) is 0.611. The summed E-state index contributed by atoms with van der Waals surface area (Å²) in [4.78, 5) is 32.0. The third-order valence-corrected chi connectivity index (χ3v) is 5.06. The van der Waals surface area contributed by atoms with Gasteiger partial charge in [0, 0.05) is 45.7 Å². The second kappa shape index (κ2) is 7.07. The summed E-state index contributed by atoms with van der Waals surface area (Å²) in [5.74, 6) is 0.687. The van der Waals surface area contributed by atoms with Gasteiger partial charge in [0.1, 0.15) is 17.2 Å². The fourth-order valence-electron chi connectivity index (χ4n) is 3.34. The predicted octanol–water partition coefficient (Wildman–Crippen LogP) is 1.81. The van der Waals surface area contributed by atoms with E-state index in [0.29, 0.717) is 44.7 Å². The number of Topliss-reactive ketones (excluding diaryl/α,β-unsaturated/α-hetero) is 1. The molecule has 0 aromatic carbocycles. The Hall–Kier alpha value is -2.02. The third-order valence-electron chi connectivity index (χ3n) is 5.06. The second-order valence-corrected chi connectivity index (χ2v) is 7.14. The smallest absolute Gasteiger partial charge is 0.246 e. The van der Waals surface area contributed by atoms with Crippen molar-refractivity contribution in [3.8, 4) is 0 Å². The van der Waals surface area contributed by atoms with Crippen LogP contribution in [0.15, 0.2) is 18.3 Å². The van der Waals surface area contributed by atoms with Crippen LogP contribution in [0, 0.1) is 0 Å². The number of rotatable bonds is 4. The van der Waals surface area contributed by atoms with E-state index in [1.54, 1.807) is 24.1 Å². The number of carbonyl (C=O) groups is 2. The lowest BCUT2D eigenvalue weighted by Gasteiger charge is -2.33. The summed E-state index contributed by atoms with van der Waals surface area (Å²) in [6.07, 6.45) is 6.11. The van der Waals surface area contributed by atoms with Gasteiger partial charge >= 0.3 is 0 Å². The summed E-state index contributed by atoms with van der Waals surface area (Å²) in [5, 5.41) is 0. The van der Waals surface area contributed by atoms with Crippen LogP contribution in [0.2, 0.25) is 0 Å². The molecule has 136 valence electrons. The minimum Gasteiger partial charge on any atom is -0.330 e. The molecule has 2 aliphatic heterocycles. The lowest BCUT2D eigenvalue weighted by Crippen LogP contribution is -2.40. The van der Waals surface area contributed by atoms with Gasteiger partial charge in [-0.15, -0.1) is 0 Å². The molecule has 3 heterocycles. The highest BCUT2D eigenvalue weighted by Crippen LogP contribution is 2.25. The molecule has 1 fully saturated rings. The topological polar surface area (TPSA) is 58.4 Å². The summed E-state index contributed by atoms with van der Waals surface area (Å²) in [6, 6.07) is 0. The van der Waals surface area contributed by atoms with Crippen LogP contribution < -0.4 is 0 Å². The molecule has 1 amide bonds. The molecule has 0 aliphatic carbocycles. The van der Waals surface area contributed by atoms with Crippen LogP contribution in [0.4, 0.5) is 4.39 Å². The van der Waals surface area contributed by atoms with Crippen molar-refractivity contribution in [2.75, 3.05) is 26.2 Å². The Morgan fingerprint density at radius 1 is 1.28 bits per heavy atom. The van der Waals surface area contributed by atoms with E-state index in [-0.39, 0.29) is 11.7 Å². The maximum absolute atomic E-state index is 13.8. The van der Waals surface area contributed by atoms with Gasteiger partial charge in [-0.25, -0.2) is 9.37 Å². The van der Waals surface area contributed by atoms with Crippen molar-refractivity contribution in [1.82, 2.24) is 19.4 Å². The lowest BCUT2D eigenvalue weighted by molar-refractivity contribution is -0.127. The van der Waals surface area contributed by atoms with Gasteiger partial charge in [0.25, 0.3) is 0 Å². The SMILES string of the molecule is CC(=O)c1cnc2n1CCN(C(=O)/C=C/CN1CCC(C)(F)CC1)C2. The number of imidazole rings is 1. The van der Waals surface area contributed by atoms with E-state index in [2.05, 4.69) is 9.88 Å². The number of alkyl halides is 1. The average molecular weight is 348 g/mol. The molecule has 2 aliphatic rings. The zero-order chi connectivity index (χ0) is 18.0. The van der Waals surface area contributed by atoms with Crippen LogP contribution in [-0.2, 0) is 17.9 Å². The number of halogens is 1. The molecule has 0 bridgehead atoms. The molecule has 0 saturated carbocycles. The number of hydrogen-bond acceptors (Lipinski definition) is 4. The zero-order valence-electron chi connectivity index (χ0n) is 14.9. The first-order valence-corrected chi connectivity index (χ1v) is 8.78. The Morgan fingerprint density at radius 2 is 2.00 bits per heavy atom. The molecule has 0 radical (unpaired) electrons. The normalized spacial score (nSPS) is 20.7. The zero-order valence-corrected chi connectivity index (χ0v) is 14.9. The first kappa shape index (κ1) is 17.8. The van der Waals surface area contributed by atoms with E-state index in [9.17, 15) is 14.0 Å². The van der Waals surface area contributed by atoms with Gasteiger partial charge in [0.05, 0.1) is 12.7 Å². The standard InChI is InChI=1S/C18H25FN4O2/c1-14(24)15-12-20-16-13-22(10-11-23(15)16)17(25)4-3-7-21-8-5-18(2,19)6-9-21/h3-4,12H,5-11,13H2,1-2H3/b4-3+. The molecule has 1 aromatic heterocycles. The first-order chi connectivity index (χ1) is 11.9. The fourth-order valence-corrected chi connectivity index (χ4v) is 3.34. The summed E-state index contributed by atoms with van der Waals surface area (Å²) < 4.78 is 15.7. The first-order valence-electron chi connectivity index (χ1n) is 8.78. The Labute approximate surface area is 147 Å². The van der Waals surface area contributed by atoms with Gasteiger partial charge in [0.2, 0.25) is 5.91 Å². The molecule has 3 rings (SSSR count). The van der Waals surface area contributed by atoms with Crippen LogP contribution in [-0.4, -0.2) is 62.9 Å². The van der Waals surface area contributed by atoms with Crippen molar-refractivity contribution in [2.45, 2.75) is 45.4 Å². The van der Waals surface area contributed by atoms with E-state index in [1.807, 2.05) is 10.6 Å². The highest BCUT2D eigenvalue weighted by atomic mass is 19.1. The van der Waals surface area contributed by atoms with E-state index >= 15 is 0 Å². The number of aromatic nitrogens is 2. The Kier molecular flexibility index (Phi) is 5.03. The Bertz CT molecular complexity index is 685. The molecule has 6 nitrogen and oxygen atoms in total. The average Bonchev–Trinajstić information content (AvgIpc) is 2.99. The third kappa shape index (κ3) is 4.15. The Balaban J connectivity index is 1.51. The van der Waals surface area contributed by atoms with Gasteiger partial charge in [-0.05, 0) is 19.8 Å². The summed E-state index contributed by atoms with van der Waals surface area (Å²) in [7, 11) is 0. The number of piperidine rings is 1. The van der Waals surface area contributed by atoms with Crippen LogP contribution in [0.25, 0.3) is 0 Å². The molecular formula is C18H25FN4O2. The van der Waals surface area contributed by atoms with Crippen molar-refractivity contribution in [3.05, 3.63) is 29.9 Å². The number of hydrogen-bond donors (Lipinski definition) is 0. The van der Waals surface area contributed by atoms with E-state index in [4.69, 9.17) is 0 Å². The maximum atomic E-state index is 13.8. The quantitative estimate of drug-likeness (QED) is 0.615. The predicted molar refractivity (Wildman–Crippen MR) is 92.0 cm³/mol. The van der Waals surface area contributed by atoms with E-state index < -0.39 is 5.67 Å². The Morgan fingerprint density at radius 3 is 2.68 bits per heavy atom. The van der Waals surface area contributed by atoms with Crippen LogP contribution in [0.5, 0.6) is 0 Å². The largest absolute Gasteiger partial charge is 0.330 e. The van der Waals surface area contributed by atoms with E-state index in [0.717, 1.165) is 18.9 Å². The van der Waals surface area contributed by atoms with Crippen LogP contribution >= 0.6 is 0 Å². The van der Waals surface area contributed by atoms with Gasteiger partial charge in [0.15, 0.2) is 5.78 Å². The minimum absolute atomic E-state index is 0.00988. The van der Waals surface area contributed by atoms with E-state index in [1.165, 1.54) is 6.92 Å². The van der Waals surface area contributed by atoms with Crippen molar-refractivity contribution >= 4 is 11.7 Å². The molecular weight excluding hydrogens is 323 g/mol. The summed E-state index contributed by atoms with van der Waals surface area (Å²) in [6.45, 7) is 6.86. The maximum Gasteiger partial charge on any atom is 0.246 e. The lowest BCUT2D eigenvalue weighted by atomic mass is 9.96. The number of likely N-dealkylation sites (tertiary alicyclic amines) is 1. The second-order valence-electron chi connectivity index (χ2n) is 7.14. The molecule has 1 aromatic rings. The van der Waals surface area contributed by atoms with Gasteiger partial charge in [-0.3, -0.25) is 14.5 Å². The number of carbonyl (C=O) groups excluding carboxylic acids is 2. The molecule has 0 atom stereocenters. The molecule has 25 heavy (non-hydrogen) atoms. The monoisotopic (exact) mass is 348 g/mol. The minimum atomic E-state index is -1.05. The van der Waals surface area contributed by atoms with Crippen molar-refractivity contribution in [1.29, 1.82) is 0 Å². The van der Waals surface area contributed by atoms with Gasteiger partial charge < -0.3 is 9.47 Å². The van der Waals surface area contributed by atoms with Crippen LogP contribution in [0.1, 0.15) is 43.0 Å². The molecule has 0 unspecified atom stereocenters. The van der Waals surface area contributed by atoms with Gasteiger partial charge in [-0.2, -0.15) is 0 Å². The van der Waals surface area contributed by atoms with Gasteiger partial charge in [-0.1, -0.05) is 6.08 Å². The number of amides is 1. The highest BCUT2D eigenvalue weighted by Gasteiger charge is 2.29. The molecule has 0 spiro atoms. The van der Waals surface area contributed by atoms with Crippen molar-refractivity contribution in [2.24, 2.45) is 0 Å². The summed E-state index contributed by atoms with van der Waals surface area (Å²) in [5.41, 5.74) is -0.451.